The average Bonchev–Trinajstić information content (AvgIpc) is 2.86. The van der Waals surface area contributed by atoms with Crippen LogP contribution >= 0.6 is 11.3 Å². The molecule has 1 aliphatic heterocycles. The molecule has 5 nitrogen and oxygen atoms in total. The third-order valence-electron chi connectivity index (χ3n) is 3.19. The molecule has 1 amide bonds. The molecular formula is C13H21N3O2S. The Balaban J connectivity index is 1.86. The Bertz CT molecular complexity index is 416. The predicted molar refractivity (Wildman–Crippen MR) is 75.0 cm³/mol. The summed E-state index contributed by atoms with van der Waals surface area (Å²) in [6, 6.07) is 0. The number of hydrogen-bond acceptors (Lipinski definition) is 5. The second kappa shape index (κ2) is 6.98. The second-order valence-corrected chi connectivity index (χ2v) is 5.67. The first-order valence-corrected chi connectivity index (χ1v) is 7.54. The Morgan fingerprint density at radius 2 is 2.26 bits per heavy atom. The van der Waals surface area contributed by atoms with Gasteiger partial charge in [-0.05, 0) is 0 Å². The Morgan fingerprint density at radius 1 is 1.53 bits per heavy atom. The van der Waals surface area contributed by atoms with Gasteiger partial charge in [-0.15, -0.1) is 11.3 Å². The van der Waals surface area contributed by atoms with Gasteiger partial charge in [-0.25, -0.2) is 4.98 Å². The number of rotatable bonds is 5. The van der Waals surface area contributed by atoms with Crippen LogP contribution in [0.25, 0.3) is 0 Å². The highest BCUT2D eigenvalue weighted by Crippen LogP contribution is 2.14. The molecule has 2 rings (SSSR count). The normalized spacial score (nSPS) is 16.5. The molecule has 1 saturated heterocycles. The number of nitrogens with zero attached hydrogens (tertiary/aromatic N) is 3. The van der Waals surface area contributed by atoms with Crippen molar-refractivity contribution in [1.82, 2.24) is 14.8 Å². The first-order chi connectivity index (χ1) is 9.19. The Labute approximate surface area is 118 Å². The van der Waals surface area contributed by atoms with Crippen LogP contribution in [-0.2, 0) is 22.6 Å². The van der Waals surface area contributed by atoms with Gasteiger partial charge in [0, 0.05) is 31.9 Å². The minimum absolute atomic E-state index is 0.155. The first-order valence-electron chi connectivity index (χ1n) is 6.66. The standard InChI is InChI=1S/C13H21N3O2S/c1-3-13(17)15(2)8-11-10-19-12(14-11)9-16-4-6-18-7-5-16/h10H,3-9H2,1-2H3. The van der Waals surface area contributed by atoms with Gasteiger partial charge >= 0.3 is 0 Å². The molecule has 1 aromatic rings. The topological polar surface area (TPSA) is 45.7 Å². The number of morpholine rings is 1. The summed E-state index contributed by atoms with van der Waals surface area (Å²) in [6.07, 6.45) is 0.543. The van der Waals surface area contributed by atoms with Crippen LogP contribution < -0.4 is 0 Å². The van der Waals surface area contributed by atoms with Crippen molar-refractivity contribution in [2.45, 2.75) is 26.4 Å². The summed E-state index contributed by atoms with van der Waals surface area (Å²) in [5.41, 5.74) is 0.984. The van der Waals surface area contributed by atoms with E-state index in [1.54, 1.807) is 16.2 Å². The van der Waals surface area contributed by atoms with Gasteiger partial charge in [0.2, 0.25) is 5.91 Å². The molecule has 0 saturated carbocycles. The van der Waals surface area contributed by atoms with Crippen LogP contribution in [-0.4, -0.2) is 54.0 Å². The lowest BCUT2D eigenvalue weighted by Crippen LogP contribution is -2.35. The van der Waals surface area contributed by atoms with Gasteiger partial charge in [0.1, 0.15) is 5.01 Å². The maximum absolute atomic E-state index is 11.5. The zero-order valence-corrected chi connectivity index (χ0v) is 12.4. The molecule has 1 fully saturated rings. The van der Waals surface area contributed by atoms with Crippen molar-refractivity contribution < 1.29 is 9.53 Å². The highest BCUT2D eigenvalue weighted by Gasteiger charge is 2.14. The van der Waals surface area contributed by atoms with Gasteiger partial charge in [-0.2, -0.15) is 0 Å². The number of carbonyl (C=O) groups excluding carboxylic acids is 1. The van der Waals surface area contributed by atoms with E-state index in [-0.39, 0.29) is 5.91 Å². The zero-order chi connectivity index (χ0) is 13.7. The summed E-state index contributed by atoms with van der Waals surface area (Å²) < 4.78 is 5.33. The van der Waals surface area contributed by atoms with Crippen LogP contribution in [0.1, 0.15) is 24.0 Å². The van der Waals surface area contributed by atoms with Crippen molar-refractivity contribution in [1.29, 1.82) is 0 Å². The first kappa shape index (κ1) is 14.4. The van der Waals surface area contributed by atoms with E-state index in [2.05, 4.69) is 15.3 Å². The molecule has 2 heterocycles. The molecule has 0 radical (unpaired) electrons. The largest absolute Gasteiger partial charge is 0.379 e. The molecule has 0 aliphatic carbocycles. The van der Waals surface area contributed by atoms with Gasteiger partial charge < -0.3 is 9.64 Å². The third kappa shape index (κ3) is 4.26. The molecule has 0 atom stereocenters. The molecule has 0 bridgehead atoms. The second-order valence-electron chi connectivity index (χ2n) is 4.72. The quantitative estimate of drug-likeness (QED) is 0.818. The van der Waals surface area contributed by atoms with Crippen molar-refractivity contribution >= 4 is 17.2 Å². The smallest absolute Gasteiger partial charge is 0.222 e. The fraction of sp³-hybridized carbons (Fsp3) is 0.692. The molecule has 1 aliphatic rings. The van der Waals surface area contributed by atoms with E-state index in [0.717, 1.165) is 43.5 Å². The Hall–Kier alpha value is -0.980. The minimum atomic E-state index is 0.155. The van der Waals surface area contributed by atoms with Gasteiger partial charge in [-0.3, -0.25) is 9.69 Å². The van der Waals surface area contributed by atoms with E-state index < -0.39 is 0 Å². The highest BCUT2D eigenvalue weighted by atomic mass is 32.1. The number of thiazole rings is 1. The van der Waals surface area contributed by atoms with E-state index in [0.29, 0.717) is 13.0 Å². The van der Waals surface area contributed by atoms with Gasteiger partial charge in [0.25, 0.3) is 0 Å². The van der Waals surface area contributed by atoms with Crippen LogP contribution in [0.4, 0.5) is 0 Å². The lowest BCUT2D eigenvalue weighted by Gasteiger charge is -2.25. The molecule has 19 heavy (non-hydrogen) atoms. The number of amides is 1. The van der Waals surface area contributed by atoms with E-state index >= 15 is 0 Å². The fourth-order valence-corrected chi connectivity index (χ4v) is 2.87. The molecular weight excluding hydrogens is 262 g/mol. The molecule has 0 spiro atoms. The molecule has 1 aromatic heterocycles. The van der Waals surface area contributed by atoms with E-state index in [9.17, 15) is 4.79 Å². The monoisotopic (exact) mass is 283 g/mol. The van der Waals surface area contributed by atoms with E-state index in [1.165, 1.54) is 0 Å². The highest BCUT2D eigenvalue weighted by molar-refractivity contribution is 7.09. The maximum atomic E-state index is 11.5. The molecule has 0 aromatic carbocycles. The molecule has 6 heteroatoms. The van der Waals surface area contributed by atoms with Crippen LogP contribution in [0.15, 0.2) is 5.38 Å². The van der Waals surface area contributed by atoms with Gasteiger partial charge in [0.05, 0.1) is 32.0 Å². The molecule has 106 valence electrons. The summed E-state index contributed by atoms with van der Waals surface area (Å²) >= 11 is 1.67. The van der Waals surface area contributed by atoms with Crippen molar-refractivity contribution in [3.8, 4) is 0 Å². The lowest BCUT2D eigenvalue weighted by atomic mass is 10.3. The molecule has 0 unspecified atom stereocenters. The molecule has 0 N–H and O–H groups in total. The summed E-state index contributed by atoms with van der Waals surface area (Å²) in [6.45, 7) is 6.94. The minimum Gasteiger partial charge on any atom is -0.379 e. The van der Waals surface area contributed by atoms with Crippen LogP contribution in [0.5, 0.6) is 0 Å². The summed E-state index contributed by atoms with van der Waals surface area (Å²) in [7, 11) is 1.83. The van der Waals surface area contributed by atoms with Gasteiger partial charge in [-0.1, -0.05) is 6.92 Å². The summed E-state index contributed by atoms with van der Waals surface area (Å²) in [4.78, 5) is 20.2. The van der Waals surface area contributed by atoms with Gasteiger partial charge in [0.15, 0.2) is 0 Å². The van der Waals surface area contributed by atoms with E-state index in [4.69, 9.17) is 4.74 Å². The van der Waals surface area contributed by atoms with Crippen molar-refractivity contribution in [2.75, 3.05) is 33.4 Å². The van der Waals surface area contributed by atoms with Crippen LogP contribution in [0, 0.1) is 0 Å². The summed E-state index contributed by atoms with van der Waals surface area (Å²) in [5, 5.41) is 3.17. The van der Waals surface area contributed by atoms with Crippen LogP contribution in [0.2, 0.25) is 0 Å². The van der Waals surface area contributed by atoms with Crippen molar-refractivity contribution in [2.24, 2.45) is 0 Å². The zero-order valence-electron chi connectivity index (χ0n) is 11.6. The average molecular weight is 283 g/mol. The fourth-order valence-electron chi connectivity index (χ4n) is 2.05. The Morgan fingerprint density at radius 3 is 2.95 bits per heavy atom. The number of hydrogen-bond donors (Lipinski definition) is 0. The summed E-state index contributed by atoms with van der Waals surface area (Å²) in [5.74, 6) is 0.155. The lowest BCUT2D eigenvalue weighted by molar-refractivity contribution is -0.130. The predicted octanol–water partition coefficient (Wildman–Crippen LogP) is 1.34. The number of aromatic nitrogens is 1. The number of carbonyl (C=O) groups is 1. The number of ether oxygens (including phenoxy) is 1. The van der Waals surface area contributed by atoms with Crippen molar-refractivity contribution in [3.63, 3.8) is 0 Å². The third-order valence-corrected chi connectivity index (χ3v) is 4.07. The van der Waals surface area contributed by atoms with Crippen molar-refractivity contribution in [3.05, 3.63) is 16.1 Å². The maximum Gasteiger partial charge on any atom is 0.222 e. The Kier molecular flexibility index (Phi) is 5.30. The van der Waals surface area contributed by atoms with E-state index in [1.807, 2.05) is 14.0 Å². The van der Waals surface area contributed by atoms with Crippen LogP contribution in [0.3, 0.4) is 0 Å². The SMILES string of the molecule is CCC(=O)N(C)Cc1csc(CN2CCOCC2)n1.